The van der Waals surface area contributed by atoms with Gasteiger partial charge in [0.15, 0.2) is 6.10 Å². The Hall–Kier alpha value is -2.24. The number of halogens is 2. The summed E-state index contributed by atoms with van der Waals surface area (Å²) in [7, 11) is 0. The Morgan fingerprint density at radius 1 is 1.12 bits per heavy atom. The van der Waals surface area contributed by atoms with E-state index < -0.39 is 18.0 Å². The maximum Gasteiger partial charge on any atom is 0.325 e. The molecule has 2 aromatic carbocycles. The van der Waals surface area contributed by atoms with Gasteiger partial charge in [0.1, 0.15) is 18.9 Å². The Balaban J connectivity index is 1.76. The van der Waals surface area contributed by atoms with Gasteiger partial charge in [-0.1, -0.05) is 53.5 Å². The number of amides is 1. The number of ether oxygens (including phenoxy) is 2. The second kappa shape index (κ2) is 9.30. The molecule has 0 saturated carbocycles. The predicted molar refractivity (Wildman–Crippen MR) is 95.8 cm³/mol. The van der Waals surface area contributed by atoms with Crippen LogP contribution in [0.15, 0.2) is 48.5 Å². The summed E-state index contributed by atoms with van der Waals surface area (Å²) in [5.41, 5.74) is 0.872. The van der Waals surface area contributed by atoms with Crippen LogP contribution in [0.4, 0.5) is 0 Å². The number of benzene rings is 2. The van der Waals surface area contributed by atoms with Gasteiger partial charge in [-0.25, -0.2) is 0 Å². The van der Waals surface area contributed by atoms with Crippen molar-refractivity contribution in [2.45, 2.75) is 19.6 Å². The van der Waals surface area contributed by atoms with Gasteiger partial charge in [0.25, 0.3) is 5.91 Å². The number of hydrogen-bond donors (Lipinski definition) is 1. The van der Waals surface area contributed by atoms with E-state index in [0.717, 1.165) is 5.56 Å². The molecule has 0 spiro atoms. The van der Waals surface area contributed by atoms with E-state index >= 15 is 0 Å². The third-order valence-electron chi connectivity index (χ3n) is 3.22. The van der Waals surface area contributed by atoms with Crippen molar-refractivity contribution in [3.63, 3.8) is 0 Å². The molecule has 0 saturated heterocycles. The summed E-state index contributed by atoms with van der Waals surface area (Å²) in [5.74, 6) is -0.656. The molecular formula is C18H17Cl2NO4. The van der Waals surface area contributed by atoms with Crippen LogP contribution in [-0.4, -0.2) is 24.5 Å². The van der Waals surface area contributed by atoms with Crippen molar-refractivity contribution in [3.8, 4) is 5.75 Å². The largest absolute Gasteiger partial charge is 0.479 e. The highest BCUT2D eigenvalue weighted by Gasteiger charge is 2.17. The molecule has 2 rings (SSSR count). The molecule has 2 aromatic rings. The van der Waals surface area contributed by atoms with Gasteiger partial charge in [0, 0.05) is 5.02 Å². The standard InChI is InChI=1S/C18H17Cl2NO4/c1-12(25-16-8-7-14(19)9-15(16)20)18(23)21-10-17(22)24-11-13-5-3-2-4-6-13/h2-9,12H,10-11H2,1H3,(H,21,23). The molecule has 132 valence electrons. The predicted octanol–water partition coefficient (Wildman–Crippen LogP) is 3.62. The van der Waals surface area contributed by atoms with Crippen LogP contribution in [0.2, 0.25) is 10.0 Å². The third-order valence-corrected chi connectivity index (χ3v) is 3.75. The fraction of sp³-hybridized carbons (Fsp3) is 0.222. The molecule has 7 heteroatoms. The van der Waals surface area contributed by atoms with E-state index in [0.29, 0.717) is 15.8 Å². The molecule has 0 aromatic heterocycles. The van der Waals surface area contributed by atoms with E-state index in [9.17, 15) is 9.59 Å². The first kappa shape index (κ1) is 19.1. The van der Waals surface area contributed by atoms with Crippen molar-refractivity contribution in [1.29, 1.82) is 0 Å². The summed E-state index contributed by atoms with van der Waals surface area (Å²) in [6.07, 6.45) is -0.833. The van der Waals surface area contributed by atoms with E-state index in [1.54, 1.807) is 19.1 Å². The minimum absolute atomic E-state index is 0.155. The first-order valence-electron chi connectivity index (χ1n) is 7.54. The van der Waals surface area contributed by atoms with Gasteiger partial charge in [-0.2, -0.15) is 0 Å². The number of nitrogens with one attached hydrogen (secondary N) is 1. The zero-order valence-electron chi connectivity index (χ0n) is 13.5. The van der Waals surface area contributed by atoms with Crippen LogP contribution in [-0.2, 0) is 20.9 Å². The molecule has 0 heterocycles. The molecule has 0 aliphatic rings. The molecule has 0 aliphatic carbocycles. The lowest BCUT2D eigenvalue weighted by Crippen LogP contribution is -2.39. The average molecular weight is 382 g/mol. The maximum absolute atomic E-state index is 12.0. The van der Waals surface area contributed by atoms with E-state index in [4.69, 9.17) is 32.7 Å². The topological polar surface area (TPSA) is 64.6 Å². The Morgan fingerprint density at radius 2 is 1.84 bits per heavy atom. The zero-order chi connectivity index (χ0) is 18.2. The van der Waals surface area contributed by atoms with Gasteiger partial charge in [0.05, 0.1) is 5.02 Å². The van der Waals surface area contributed by atoms with Gasteiger partial charge < -0.3 is 14.8 Å². The first-order valence-corrected chi connectivity index (χ1v) is 8.30. The number of hydrogen-bond acceptors (Lipinski definition) is 4. The first-order chi connectivity index (χ1) is 12.0. The fourth-order valence-corrected chi connectivity index (χ4v) is 2.36. The Labute approximate surface area is 155 Å². The van der Waals surface area contributed by atoms with Gasteiger partial charge in [0.2, 0.25) is 0 Å². The monoisotopic (exact) mass is 381 g/mol. The normalized spacial score (nSPS) is 11.5. The lowest BCUT2D eigenvalue weighted by molar-refractivity contribution is -0.145. The minimum atomic E-state index is -0.833. The minimum Gasteiger partial charge on any atom is -0.479 e. The SMILES string of the molecule is CC(Oc1ccc(Cl)cc1Cl)C(=O)NCC(=O)OCc1ccccc1. The summed E-state index contributed by atoms with van der Waals surface area (Å²) in [6, 6.07) is 14.0. The van der Waals surface area contributed by atoms with Crippen LogP contribution in [0.5, 0.6) is 5.75 Å². The fourth-order valence-electron chi connectivity index (χ4n) is 1.91. The number of carbonyl (C=O) groups excluding carboxylic acids is 2. The molecule has 0 bridgehead atoms. The van der Waals surface area contributed by atoms with Crippen molar-refractivity contribution < 1.29 is 19.1 Å². The van der Waals surface area contributed by atoms with Crippen molar-refractivity contribution in [1.82, 2.24) is 5.32 Å². The lowest BCUT2D eigenvalue weighted by Gasteiger charge is -2.15. The second-order valence-electron chi connectivity index (χ2n) is 5.20. The van der Waals surface area contributed by atoms with Crippen molar-refractivity contribution in [2.24, 2.45) is 0 Å². The van der Waals surface area contributed by atoms with Crippen molar-refractivity contribution in [3.05, 3.63) is 64.1 Å². The van der Waals surface area contributed by atoms with Gasteiger partial charge >= 0.3 is 5.97 Å². The van der Waals surface area contributed by atoms with Gasteiger partial charge in [-0.3, -0.25) is 9.59 Å². The van der Waals surface area contributed by atoms with E-state index in [1.807, 2.05) is 30.3 Å². The quantitative estimate of drug-likeness (QED) is 0.743. The highest BCUT2D eigenvalue weighted by Crippen LogP contribution is 2.28. The summed E-state index contributed by atoms with van der Waals surface area (Å²) in [6.45, 7) is 1.46. The van der Waals surface area contributed by atoms with Crippen LogP contribution in [0, 0.1) is 0 Å². The molecule has 25 heavy (non-hydrogen) atoms. The Morgan fingerprint density at radius 3 is 2.52 bits per heavy atom. The molecule has 0 fully saturated rings. The molecule has 1 amide bonds. The van der Waals surface area contributed by atoms with Gasteiger partial charge in [-0.05, 0) is 30.7 Å². The molecular weight excluding hydrogens is 365 g/mol. The highest BCUT2D eigenvalue weighted by atomic mass is 35.5. The maximum atomic E-state index is 12.0. The number of esters is 1. The highest BCUT2D eigenvalue weighted by molar-refractivity contribution is 6.35. The average Bonchev–Trinajstić information content (AvgIpc) is 2.61. The number of carbonyl (C=O) groups is 2. The number of rotatable bonds is 7. The summed E-state index contributed by atoms with van der Waals surface area (Å²) < 4.78 is 10.5. The second-order valence-corrected chi connectivity index (χ2v) is 6.04. The molecule has 0 radical (unpaired) electrons. The summed E-state index contributed by atoms with van der Waals surface area (Å²) >= 11 is 11.8. The molecule has 1 unspecified atom stereocenters. The molecule has 5 nitrogen and oxygen atoms in total. The van der Waals surface area contributed by atoms with Crippen LogP contribution in [0.1, 0.15) is 12.5 Å². The Bertz CT molecular complexity index is 737. The van der Waals surface area contributed by atoms with E-state index in [-0.39, 0.29) is 13.2 Å². The van der Waals surface area contributed by atoms with E-state index in [1.165, 1.54) is 6.07 Å². The summed E-state index contributed by atoms with van der Waals surface area (Å²) in [5, 5.41) is 3.23. The van der Waals surface area contributed by atoms with Gasteiger partial charge in [-0.15, -0.1) is 0 Å². The Kier molecular flexibility index (Phi) is 7.10. The third kappa shape index (κ3) is 6.29. The zero-order valence-corrected chi connectivity index (χ0v) is 15.0. The van der Waals surface area contributed by atoms with Crippen LogP contribution in [0.25, 0.3) is 0 Å². The lowest BCUT2D eigenvalue weighted by atomic mass is 10.2. The summed E-state index contributed by atoms with van der Waals surface area (Å²) in [4.78, 5) is 23.7. The molecule has 1 atom stereocenters. The molecule has 1 N–H and O–H groups in total. The van der Waals surface area contributed by atoms with Crippen LogP contribution >= 0.6 is 23.2 Å². The van der Waals surface area contributed by atoms with Crippen LogP contribution in [0.3, 0.4) is 0 Å². The van der Waals surface area contributed by atoms with Crippen molar-refractivity contribution >= 4 is 35.1 Å². The molecule has 0 aliphatic heterocycles. The van der Waals surface area contributed by atoms with Crippen molar-refractivity contribution in [2.75, 3.05) is 6.54 Å². The smallest absolute Gasteiger partial charge is 0.325 e. The van der Waals surface area contributed by atoms with Crippen LogP contribution < -0.4 is 10.1 Å². The van der Waals surface area contributed by atoms with E-state index in [2.05, 4.69) is 5.32 Å².